The maximum absolute atomic E-state index is 13.4. The molecule has 2 N–H and O–H groups in total. The summed E-state index contributed by atoms with van der Waals surface area (Å²) in [5, 5.41) is 30.3. The molecule has 1 saturated heterocycles. The van der Waals surface area contributed by atoms with Gasteiger partial charge in [0.2, 0.25) is 5.13 Å². The molecule has 198 valence electrons. The first-order chi connectivity index (χ1) is 18.9. The van der Waals surface area contributed by atoms with E-state index >= 15 is 0 Å². The molecule has 2 heterocycles. The number of aromatic hydroxyl groups is 1. The molecule has 0 radical (unpaired) electrons. The predicted molar refractivity (Wildman–Crippen MR) is 151 cm³/mol. The van der Waals surface area contributed by atoms with Crippen molar-refractivity contribution in [3.05, 3.63) is 101 Å². The number of benzene rings is 3. The summed E-state index contributed by atoms with van der Waals surface area (Å²) in [6.07, 6.45) is 0. The lowest BCUT2D eigenvalue weighted by atomic mass is 9.95. The van der Waals surface area contributed by atoms with Crippen LogP contribution >= 0.6 is 23.1 Å². The molecule has 1 aliphatic heterocycles. The lowest BCUT2D eigenvalue weighted by Gasteiger charge is -2.23. The van der Waals surface area contributed by atoms with Crippen LogP contribution in [0.3, 0.4) is 0 Å². The number of phenolic OH excluding ortho intramolecular Hbond substituents is 1. The van der Waals surface area contributed by atoms with E-state index in [1.807, 2.05) is 49.4 Å². The molecular weight excluding hydrogens is 534 g/mol. The Labute approximate surface area is 233 Å². The summed E-state index contributed by atoms with van der Waals surface area (Å²) < 4.78 is 6.19. The molecule has 10 heteroatoms. The van der Waals surface area contributed by atoms with Crippen molar-refractivity contribution >= 4 is 45.7 Å². The van der Waals surface area contributed by atoms with Gasteiger partial charge < -0.3 is 14.9 Å². The Hall–Kier alpha value is -4.15. The summed E-state index contributed by atoms with van der Waals surface area (Å²) in [7, 11) is 0. The van der Waals surface area contributed by atoms with E-state index in [9.17, 15) is 19.8 Å². The van der Waals surface area contributed by atoms with Crippen molar-refractivity contribution in [3.63, 3.8) is 0 Å². The van der Waals surface area contributed by atoms with E-state index in [2.05, 4.69) is 10.2 Å². The lowest BCUT2D eigenvalue weighted by Crippen LogP contribution is -2.29. The van der Waals surface area contributed by atoms with E-state index in [4.69, 9.17) is 4.74 Å². The molecule has 1 amide bonds. The van der Waals surface area contributed by atoms with Gasteiger partial charge in [0, 0.05) is 11.3 Å². The zero-order valence-electron chi connectivity index (χ0n) is 21.2. The molecule has 39 heavy (non-hydrogen) atoms. The summed E-state index contributed by atoms with van der Waals surface area (Å²) in [5.41, 5.74) is 2.90. The van der Waals surface area contributed by atoms with Crippen LogP contribution < -0.4 is 9.64 Å². The molecule has 5 rings (SSSR count). The Balaban J connectivity index is 1.58. The van der Waals surface area contributed by atoms with Crippen molar-refractivity contribution in [2.75, 3.05) is 11.5 Å². The number of aryl methyl sites for hydroxylation is 1. The Morgan fingerprint density at radius 2 is 1.79 bits per heavy atom. The zero-order chi connectivity index (χ0) is 27.5. The minimum atomic E-state index is -1.01. The Kier molecular flexibility index (Phi) is 7.67. The van der Waals surface area contributed by atoms with Gasteiger partial charge in [0.1, 0.15) is 5.76 Å². The smallest absolute Gasteiger partial charge is 0.301 e. The monoisotopic (exact) mass is 559 g/mol. The topological polar surface area (TPSA) is 113 Å². The molecule has 0 saturated carbocycles. The number of carbonyl (C=O) groups is 2. The molecule has 1 aromatic heterocycles. The van der Waals surface area contributed by atoms with Crippen molar-refractivity contribution in [2.24, 2.45) is 0 Å². The number of hydrogen-bond donors (Lipinski definition) is 2. The first-order valence-corrected chi connectivity index (χ1v) is 14.0. The number of nitrogens with zero attached hydrogens (tertiary/aromatic N) is 3. The molecule has 0 aliphatic carbocycles. The SMILES string of the molecule is CCOc1cc(C2/C(=C(/O)c3ccc(C)cc3)C(=O)C(=O)N2c2nnc(SCc3ccccc3)s2)ccc1O. The molecule has 1 fully saturated rings. The lowest BCUT2D eigenvalue weighted by molar-refractivity contribution is -0.132. The van der Waals surface area contributed by atoms with E-state index in [0.717, 1.165) is 11.1 Å². The summed E-state index contributed by atoms with van der Waals surface area (Å²) in [4.78, 5) is 28.1. The quantitative estimate of drug-likeness (QED) is 0.0906. The number of anilines is 1. The molecule has 1 aliphatic rings. The van der Waals surface area contributed by atoms with Gasteiger partial charge in [-0.25, -0.2) is 0 Å². The molecule has 1 atom stereocenters. The maximum Gasteiger partial charge on any atom is 0.301 e. The molecule has 3 aromatic carbocycles. The Morgan fingerprint density at radius 3 is 2.51 bits per heavy atom. The highest BCUT2D eigenvalue weighted by molar-refractivity contribution is 8.00. The average molecular weight is 560 g/mol. The number of rotatable bonds is 8. The van der Waals surface area contributed by atoms with Crippen LogP contribution in [-0.2, 0) is 15.3 Å². The first-order valence-electron chi connectivity index (χ1n) is 12.2. The van der Waals surface area contributed by atoms with Gasteiger partial charge in [0.25, 0.3) is 5.78 Å². The normalized spacial score (nSPS) is 16.6. The minimum Gasteiger partial charge on any atom is -0.507 e. The highest BCUT2D eigenvalue weighted by Gasteiger charge is 2.48. The van der Waals surface area contributed by atoms with Gasteiger partial charge in [-0.3, -0.25) is 14.5 Å². The number of ether oxygens (including phenoxy) is 1. The molecule has 1 unspecified atom stereocenters. The fourth-order valence-electron chi connectivity index (χ4n) is 4.26. The van der Waals surface area contributed by atoms with Gasteiger partial charge in [-0.05, 0) is 37.1 Å². The van der Waals surface area contributed by atoms with Crippen LogP contribution in [0.4, 0.5) is 5.13 Å². The number of Topliss-reactive ketones (excluding diaryl/α,β-unsaturated/α-hetero) is 1. The van der Waals surface area contributed by atoms with Crippen molar-refractivity contribution < 1.29 is 24.5 Å². The third kappa shape index (κ3) is 5.39. The van der Waals surface area contributed by atoms with E-state index < -0.39 is 17.7 Å². The van der Waals surface area contributed by atoms with Crippen molar-refractivity contribution in [1.29, 1.82) is 0 Å². The first kappa shape index (κ1) is 26.5. The number of phenols is 1. The summed E-state index contributed by atoms with van der Waals surface area (Å²) in [6, 6.07) is 20.5. The third-order valence-corrected chi connectivity index (χ3v) is 8.30. The summed E-state index contributed by atoms with van der Waals surface area (Å²) in [6.45, 7) is 4.00. The van der Waals surface area contributed by atoms with Crippen LogP contribution in [-0.4, -0.2) is 38.7 Å². The largest absolute Gasteiger partial charge is 0.507 e. The minimum absolute atomic E-state index is 0.0772. The van der Waals surface area contributed by atoms with E-state index in [1.54, 1.807) is 31.2 Å². The summed E-state index contributed by atoms with van der Waals surface area (Å²) in [5.74, 6) is -1.16. The van der Waals surface area contributed by atoms with E-state index in [-0.39, 0.29) is 28.0 Å². The average Bonchev–Trinajstić information content (AvgIpc) is 3.51. The molecule has 8 nitrogen and oxygen atoms in total. The van der Waals surface area contributed by atoms with Gasteiger partial charge in [-0.2, -0.15) is 0 Å². The Morgan fingerprint density at radius 1 is 1.05 bits per heavy atom. The standard InChI is InChI=1S/C29H25N3O5S2/c1-3-37-22-15-20(13-14-21(22)33)24-23(25(34)19-11-9-17(2)10-12-19)26(35)27(36)32(24)28-30-31-29(39-28)38-16-18-7-5-4-6-8-18/h4-15,24,33-34H,3,16H2,1-2H3/b25-23-. The zero-order valence-corrected chi connectivity index (χ0v) is 22.8. The second-order valence-corrected chi connectivity index (χ2v) is 11.0. The van der Waals surface area contributed by atoms with Gasteiger partial charge in [-0.1, -0.05) is 89.3 Å². The van der Waals surface area contributed by atoms with Gasteiger partial charge in [0.15, 0.2) is 15.8 Å². The van der Waals surface area contributed by atoms with Crippen LogP contribution in [0.25, 0.3) is 5.76 Å². The van der Waals surface area contributed by atoms with Gasteiger partial charge in [0.05, 0.1) is 18.2 Å². The van der Waals surface area contributed by atoms with Crippen LogP contribution in [0.15, 0.2) is 82.7 Å². The number of ketones is 1. The predicted octanol–water partition coefficient (Wildman–Crippen LogP) is 5.87. The molecule has 0 spiro atoms. The van der Waals surface area contributed by atoms with Crippen LogP contribution in [0.1, 0.15) is 35.2 Å². The van der Waals surface area contributed by atoms with Crippen molar-refractivity contribution in [1.82, 2.24) is 10.2 Å². The van der Waals surface area contributed by atoms with E-state index in [0.29, 0.717) is 27.8 Å². The maximum atomic E-state index is 13.4. The Bertz CT molecular complexity index is 1550. The number of aliphatic hydroxyl groups is 1. The highest BCUT2D eigenvalue weighted by Crippen LogP contribution is 2.45. The second-order valence-electron chi connectivity index (χ2n) is 8.82. The molecule has 0 bridgehead atoms. The van der Waals surface area contributed by atoms with E-state index in [1.165, 1.54) is 34.1 Å². The fourth-order valence-corrected chi connectivity index (χ4v) is 6.08. The van der Waals surface area contributed by atoms with Gasteiger partial charge >= 0.3 is 5.91 Å². The second kappa shape index (κ2) is 11.3. The number of amides is 1. The summed E-state index contributed by atoms with van der Waals surface area (Å²) >= 11 is 2.67. The van der Waals surface area contributed by atoms with Gasteiger partial charge in [-0.15, -0.1) is 10.2 Å². The van der Waals surface area contributed by atoms with Crippen LogP contribution in [0.2, 0.25) is 0 Å². The number of hydrogen-bond acceptors (Lipinski definition) is 9. The number of aliphatic hydroxyl groups excluding tert-OH is 1. The number of thioether (sulfide) groups is 1. The van der Waals surface area contributed by atoms with Crippen LogP contribution in [0.5, 0.6) is 11.5 Å². The fraction of sp³-hybridized carbons (Fsp3) is 0.172. The highest BCUT2D eigenvalue weighted by atomic mass is 32.2. The van der Waals surface area contributed by atoms with Crippen LogP contribution in [0, 0.1) is 6.92 Å². The molecule has 4 aromatic rings. The van der Waals surface area contributed by atoms with Crippen molar-refractivity contribution in [3.8, 4) is 11.5 Å². The number of aromatic nitrogens is 2. The third-order valence-electron chi connectivity index (χ3n) is 6.18. The number of carbonyl (C=O) groups excluding carboxylic acids is 2. The molecular formula is C29H25N3O5S2. The van der Waals surface area contributed by atoms with Crippen molar-refractivity contribution in [2.45, 2.75) is 30.0 Å².